The Bertz CT molecular complexity index is 831. The van der Waals surface area contributed by atoms with E-state index < -0.39 is 0 Å². The molecular weight excluding hydrogens is 372 g/mol. The number of anilines is 1. The summed E-state index contributed by atoms with van der Waals surface area (Å²) in [4.78, 5) is 27.3. The highest BCUT2D eigenvalue weighted by molar-refractivity contribution is 6.31. The highest BCUT2D eigenvalue weighted by atomic mass is 35.5. The quantitative estimate of drug-likeness (QED) is 0.716. The molecule has 2 aromatic rings. The smallest absolute Gasteiger partial charge is 0.255 e. The third-order valence-corrected chi connectivity index (χ3v) is 5.82. The predicted octanol–water partition coefficient (Wildman–Crippen LogP) is 5.32. The van der Waals surface area contributed by atoms with Crippen LogP contribution < -0.4 is 5.32 Å². The third kappa shape index (κ3) is 5.14. The van der Waals surface area contributed by atoms with Crippen molar-refractivity contribution in [3.63, 3.8) is 0 Å². The van der Waals surface area contributed by atoms with E-state index in [1.807, 2.05) is 48.3 Å². The summed E-state index contributed by atoms with van der Waals surface area (Å²) in [6.45, 7) is 0. The zero-order valence-corrected chi connectivity index (χ0v) is 17.0. The number of para-hydroxylation sites is 1. The van der Waals surface area contributed by atoms with E-state index in [2.05, 4.69) is 5.32 Å². The van der Waals surface area contributed by atoms with E-state index in [0.29, 0.717) is 29.1 Å². The number of amides is 2. The van der Waals surface area contributed by atoms with Crippen molar-refractivity contribution in [3.05, 3.63) is 64.7 Å². The number of carbonyl (C=O) groups is 2. The molecule has 1 fully saturated rings. The predicted molar refractivity (Wildman–Crippen MR) is 114 cm³/mol. The average Bonchev–Trinajstić information content (AvgIpc) is 2.73. The van der Waals surface area contributed by atoms with Crippen LogP contribution in [0.3, 0.4) is 0 Å². The molecule has 28 heavy (non-hydrogen) atoms. The Hall–Kier alpha value is -2.33. The van der Waals surface area contributed by atoms with Crippen LogP contribution in [0.15, 0.2) is 48.5 Å². The van der Waals surface area contributed by atoms with Gasteiger partial charge in [-0.05, 0) is 43.0 Å². The van der Waals surface area contributed by atoms with Crippen LogP contribution >= 0.6 is 11.6 Å². The molecular formula is C23H27ClN2O2. The minimum Gasteiger partial charge on any atom is -0.339 e. The van der Waals surface area contributed by atoms with E-state index in [0.717, 1.165) is 18.4 Å². The van der Waals surface area contributed by atoms with E-state index in [4.69, 9.17) is 11.6 Å². The first kappa shape index (κ1) is 20.4. The van der Waals surface area contributed by atoms with Crippen molar-refractivity contribution in [2.75, 3.05) is 12.4 Å². The first-order valence-electron chi connectivity index (χ1n) is 9.95. The molecule has 1 saturated carbocycles. The van der Waals surface area contributed by atoms with Gasteiger partial charge in [-0.25, -0.2) is 0 Å². The van der Waals surface area contributed by atoms with Gasteiger partial charge in [-0.15, -0.1) is 0 Å². The molecule has 0 unspecified atom stereocenters. The number of benzene rings is 2. The molecule has 1 N–H and O–H groups in total. The largest absolute Gasteiger partial charge is 0.339 e. The maximum absolute atomic E-state index is 13.0. The van der Waals surface area contributed by atoms with Crippen LogP contribution in [-0.4, -0.2) is 29.8 Å². The van der Waals surface area contributed by atoms with Gasteiger partial charge in [0, 0.05) is 24.5 Å². The lowest BCUT2D eigenvalue weighted by atomic mass is 9.94. The molecule has 148 valence electrons. The molecule has 0 spiro atoms. The van der Waals surface area contributed by atoms with Gasteiger partial charge in [-0.2, -0.15) is 0 Å². The SMILES string of the molecule is CN(C(=O)c1ccccc1NC(=O)CCc1ccccc1Cl)C1CCCCC1. The Labute approximate surface area is 171 Å². The minimum absolute atomic E-state index is 0.0334. The lowest BCUT2D eigenvalue weighted by Gasteiger charge is -2.31. The lowest BCUT2D eigenvalue weighted by molar-refractivity contribution is -0.116. The summed E-state index contributed by atoms with van der Waals surface area (Å²) in [7, 11) is 1.87. The number of nitrogens with one attached hydrogen (secondary N) is 1. The molecule has 0 aromatic heterocycles. The van der Waals surface area contributed by atoms with Crippen molar-refractivity contribution in [1.29, 1.82) is 0 Å². The number of hydrogen-bond donors (Lipinski definition) is 1. The third-order valence-electron chi connectivity index (χ3n) is 5.45. The molecule has 0 atom stereocenters. The minimum atomic E-state index is -0.125. The summed E-state index contributed by atoms with van der Waals surface area (Å²) in [5.74, 6) is -0.158. The second kappa shape index (κ2) is 9.74. The summed E-state index contributed by atoms with van der Waals surface area (Å²) < 4.78 is 0. The van der Waals surface area contributed by atoms with Gasteiger partial charge in [0.2, 0.25) is 5.91 Å². The molecule has 1 aliphatic carbocycles. The number of rotatable bonds is 6. The van der Waals surface area contributed by atoms with E-state index in [1.165, 1.54) is 19.3 Å². The van der Waals surface area contributed by atoms with Crippen LogP contribution in [-0.2, 0) is 11.2 Å². The van der Waals surface area contributed by atoms with Crippen molar-refractivity contribution in [2.24, 2.45) is 0 Å². The van der Waals surface area contributed by atoms with Crippen molar-refractivity contribution >= 4 is 29.1 Å². The Kier molecular flexibility index (Phi) is 7.10. The first-order valence-corrected chi connectivity index (χ1v) is 10.3. The Morgan fingerprint density at radius 2 is 1.71 bits per heavy atom. The Balaban J connectivity index is 1.65. The van der Waals surface area contributed by atoms with Crippen LogP contribution in [0.2, 0.25) is 5.02 Å². The molecule has 2 amide bonds. The van der Waals surface area contributed by atoms with Gasteiger partial charge in [0.05, 0.1) is 11.3 Å². The van der Waals surface area contributed by atoms with Crippen LogP contribution in [0.25, 0.3) is 0 Å². The van der Waals surface area contributed by atoms with Crippen molar-refractivity contribution in [1.82, 2.24) is 4.90 Å². The van der Waals surface area contributed by atoms with Crippen LogP contribution in [0, 0.1) is 0 Å². The highest BCUT2D eigenvalue weighted by Crippen LogP contribution is 2.25. The number of halogens is 1. The van der Waals surface area contributed by atoms with E-state index in [9.17, 15) is 9.59 Å². The van der Waals surface area contributed by atoms with Crippen molar-refractivity contribution in [3.8, 4) is 0 Å². The number of hydrogen-bond acceptors (Lipinski definition) is 2. The zero-order chi connectivity index (χ0) is 19.9. The second-order valence-electron chi connectivity index (χ2n) is 7.39. The normalized spacial score (nSPS) is 14.5. The standard InChI is InChI=1S/C23H27ClN2O2/c1-26(18-10-3-2-4-11-18)23(28)19-12-6-8-14-21(19)25-22(27)16-15-17-9-5-7-13-20(17)24/h5-9,12-14,18H,2-4,10-11,15-16H2,1H3,(H,25,27). The fraction of sp³-hybridized carbons (Fsp3) is 0.391. The van der Waals surface area contributed by atoms with Gasteiger partial charge in [0.25, 0.3) is 5.91 Å². The van der Waals surface area contributed by atoms with Gasteiger partial charge < -0.3 is 10.2 Å². The number of aryl methyl sites for hydroxylation is 1. The van der Waals surface area contributed by atoms with E-state index >= 15 is 0 Å². The van der Waals surface area contributed by atoms with Gasteiger partial charge >= 0.3 is 0 Å². The molecule has 1 aliphatic rings. The molecule has 0 bridgehead atoms. The van der Waals surface area contributed by atoms with E-state index in [-0.39, 0.29) is 17.9 Å². The summed E-state index contributed by atoms with van der Waals surface area (Å²) in [6.07, 6.45) is 6.56. The fourth-order valence-corrected chi connectivity index (χ4v) is 4.00. The lowest BCUT2D eigenvalue weighted by Crippen LogP contribution is -2.38. The van der Waals surface area contributed by atoms with Crippen LogP contribution in [0.1, 0.15) is 54.4 Å². The maximum Gasteiger partial charge on any atom is 0.255 e. The van der Waals surface area contributed by atoms with Crippen LogP contribution in [0.5, 0.6) is 0 Å². The monoisotopic (exact) mass is 398 g/mol. The average molecular weight is 399 g/mol. The fourth-order valence-electron chi connectivity index (χ4n) is 3.76. The first-order chi connectivity index (χ1) is 13.6. The Morgan fingerprint density at radius 1 is 1.04 bits per heavy atom. The molecule has 3 rings (SSSR count). The van der Waals surface area contributed by atoms with Gasteiger partial charge in [-0.3, -0.25) is 9.59 Å². The highest BCUT2D eigenvalue weighted by Gasteiger charge is 2.24. The molecule has 0 radical (unpaired) electrons. The zero-order valence-electron chi connectivity index (χ0n) is 16.3. The molecule has 2 aromatic carbocycles. The van der Waals surface area contributed by atoms with Crippen LogP contribution in [0.4, 0.5) is 5.69 Å². The summed E-state index contributed by atoms with van der Waals surface area (Å²) in [5.41, 5.74) is 2.06. The summed E-state index contributed by atoms with van der Waals surface area (Å²) in [6, 6.07) is 15.1. The molecule has 4 nitrogen and oxygen atoms in total. The summed E-state index contributed by atoms with van der Waals surface area (Å²) >= 11 is 6.16. The number of nitrogens with zero attached hydrogens (tertiary/aromatic N) is 1. The van der Waals surface area contributed by atoms with Gasteiger partial charge in [-0.1, -0.05) is 61.2 Å². The molecule has 0 aliphatic heterocycles. The molecule has 5 heteroatoms. The summed E-state index contributed by atoms with van der Waals surface area (Å²) in [5, 5.41) is 3.58. The maximum atomic E-state index is 13.0. The van der Waals surface area contributed by atoms with Gasteiger partial charge in [0.15, 0.2) is 0 Å². The van der Waals surface area contributed by atoms with Crippen molar-refractivity contribution < 1.29 is 9.59 Å². The van der Waals surface area contributed by atoms with E-state index in [1.54, 1.807) is 12.1 Å². The Morgan fingerprint density at radius 3 is 2.46 bits per heavy atom. The second-order valence-corrected chi connectivity index (χ2v) is 7.80. The van der Waals surface area contributed by atoms with Gasteiger partial charge in [0.1, 0.15) is 0 Å². The molecule has 0 saturated heterocycles. The van der Waals surface area contributed by atoms with Crippen molar-refractivity contribution in [2.45, 2.75) is 51.0 Å². The molecule has 0 heterocycles. The topological polar surface area (TPSA) is 49.4 Å². The number of carbonyl (C=O) groups excluding carboxylic acids is 2.